The van der Waals surface area contributed by atoms with Gasteiger partial charge >= 0.3 is 0 Å². The highest BCUT2D eigenvalue weighted by atomic mass is 16.5. The van der Waals surface area contributed by atoms with Crippen molar-refractivity contribution in [2.24, 2.45) is 5.92 Å². The average Bonchev–Trinajstić information content (AvgIpc) is 2.42. The summed E-state index contributed by atoms with van der Waals surface area (Å²) in [4.78, 5) is 4.45. The molecule has 3 nitrogen and oxygen atoms in total. The third-order valence-corrected chi connectivity index (χ3v) is 3.51. The van der Waals surface area contributed by atoms with Gasteiger partial charge in [-0.05, 0) is 50.3 Å². The second-order valence-electron chi connectivity index (χ2n) is 5.89. The quantitative estimate of drug-likeness (QED) is 0.851. The molecular formula is C16H26N2O. The van der Waals surface area contributed by atoms with Crippen LogP contribution in [0, 0.1) is 5.92 Å². The first-order valence-corrected chi connectivity index (χ1v) is 7.56. The zero-order chi connectivity index (χ0) is 13.5. The molecular weight excluding hydrogens is 236 g/mol. The predicted molar refractivity (Wildman–Crippen MR) is 78.3 cm³/mol. The van der Waals surface area contributed by atoms with Crippen LogP contribution >= 0.6 is 0 Å². The van der Waals surface area contributed by atoms with E-state index >= 15 is 0 Å². The van der Waals surface area contributed by atoms with Gasteiger partial charge < -0.3 is 10.1 Å². The van der Waals surface area contributed by atoms with Crippen molar-refractivity contribution in [1.82, 2.24) is 10.3 Å². The Kier molecular flexibility index (Phi) is 5.64. The zero-order valence-corrected chi connectivity index (χ0v) is 12.2. The largest absolute Gasteiger partial charge is 0.489 e. The Morgan fingerprint density at radius 3 is 2.68 bits per heavy atom. The summed E-state index contributed by atoms with van der Waals surface area (Å²) in [5.74, 6) is 1.59. The molecule has 0 amide bonds. The third-order valence-electron chi connectivity index (χ3n) is 3.51. The van der Waals surface area contributed by atoms with Gasteiger partial charge in [0.1, 0.15) is 5.75 Å². The number of nitrogens with one attached hydrogen (secondary N) is 1. The highest BCUT2D eigenvalue weighted by molar-refractivity contribution is 5.20. The van der Waals surface area contributed by atoms with E-state index in [4.69, 9.17) is 4.74 Å². The first-order valence-electron chi connectivity index (χ1n) is 7.56. The van der Waals surface area contributed by atoms with Gasteiger partial charge in [0, 0.05) is 6.54 Å². The number of aromatic nitrogens is 1. The fourth-order valence-corrected chi connectivity index (χ4v) is 2.45. The van der Waals surface area contributed by atoms with Crippen molar-refractivity contribution in [3.63, 3.8) is 0 Å². The molecule has 1 fully saturated rings. The van der Waals surface area contributed by atoms with Crippen molar-refractivity contribution in [2.75, 3.05) is 6.54 Å². The Hall–Kier alpha value is -1.09. The lowest BCUT2D eigenvalue weighted by Gasteiger charge is -2.22. The van der Waals surface area contributed by atoms with Crippen LogP contribution in [0.15, 0.2) is 18.3 Å². The number of rotatable bonds is 6. The first-order chi connectivity index (χ1) is 9.24. The van der Waals surface area contributed by atoms with Crippen LogP contribution in [0.25, 0.3) is 0 Å². The van der Waals surface area contributed by atoms with Gasteiger partial charge in [-0.25, -0.2) is 0 Å². The molecule has 0 saturated heterocycles. The van der Waals surface area contributed by atoms with E-state index in [0.29, 0.717) is 12.0 Å². The van der Waals surface area contributed by atoms with Crippen molar-refractivity contribution >= 4 is 0 Å². The molecule has 0 unspecified atom stereocenters. The normalized spacial score (nSPS) is 16.8. The molecule has 19 heavy (non-hydrogen) atoms. The van der Waals surface area contributed by atoms with E-state index in [9.17, 15) is 0 Å². The van der Waals surface area contributed by atoms with E-state index in [2.05, 4.69) is 30.2 Å². The highest BCUT2D eigenvalue weighted by Crippen LogP contribution is 2.22. The summed E-state index contributed by atoms with van der Waals surface area (Å²) in [5, 5.41) is 3.40. The summed E-state index contributed by atoms with van der Waals surface area (Å²) in [6.45, 7) is 6.28. The van der Waals surface area contributed by atoms with Gasteiger partial charge in [-0.2, -0.15) is 0 Å². The maximum Gasteiger partial charge on any atom is 0.138 e. The van der Waals surface area contributed by atoms with Crippen molar-refractivity contribution in [2.45, 2.75) is 58.6 Å². The summed E-state index contributed by atoms with van der Waals surface area (Å²) < 4.78 is 5.97. The molecule has 0 bridgehead atoms. The number of nitrogens with zero attached hydrogens (tertiary/aromatic N) is 1. The summed E-state index contributed by atoms with van der Waals surface area (Å²) in [5.41, 5.74) is 1.08. The zero-order valence-electron chi connectivity index (χ0n) is 12.2. The Labute approximate surface area is 116 Å². The van der Waals surface area contributed by atoms with Gasteiger partial charge in [-0.1, -0.05) is 20.3 Å². The van der Waals surface area contributed by atoms with Crippen LogP contribution in [0.5, 0.6) is 5.75 Å². The Balaban J connectivity index is 1.77. The Morgan fingerprint density at radius 1 is 1.26 bits per heavy atom. The van der Waals surface area contributed by atoms with Crippen LogP contribution in [-0.2, 0) is 6.54 Å². The Bertz CT molecular complexity index is 356. The van der Waals surface area contributed by atoms with E-state index in [1.165, 1.54) is 32.1 Å². The monoisotopic (exact) mass is 262 g/mol. The SMILES string of the molecule is CC(C)CNCc1ccc(OC2CCCCC2)cn1. The second-order valence-corrected chi connectivity index (χ2v) is 5.89. The van der Waals surface area contributed by atoms with Gasteiger partial charge in [0.25, 0.3) is 0 Å². The molecule has 1 N–H and O–H groups in total. The molecule has 1 aliphatic carbocycles. The molecule has 1 aromatic heterocycles. The van der Waals surface area contributed by atoms with Crippen molar-refractivity contribution < 1.29 is 4.74 Å². The molecule has 0 spiro atoms. The minimum Gasteiger partial charge on any atom is -0.489 e. The van der Waals surface area contributed by atoms with E-state index < -0.39 is 0 Å². The maximum absolute atomic E-state index is 5.97. The third kappa shape index (κ3) is 5.19. The van der Waals surface area contributed by atoms with Crippen molar-refractivity contribution in [3.05, 3.63) is 24.0 Å². The van der Waals surface area contributed by atoms with Gasteiger partial charge in [0.2, 0.25) is 0 Å². The smallest absolute Gasteiger partial charge is 0.138 e. The van der Waals surface area contributed by atoms with Crippen LogP contribution in [0.1, 0.15) is 51.6 Å². The average molecular weight is 262 g/mol. The first kappa shape index (κ1) is 14.3. The molecule has 0 aliphatic heterocycles. The molecule has 2 rings (SSSR count). The van der Waals surface area contributed by atoms with E-state index in [1.54, 1.807) is 0 Å². The fourth-order valence-electron chi connectivity index (χ4n) is 2.45. The van der Waals surface area contributed by atoms with Crippen molar-refractivity contribution in [1.29, 1.82) is 0 Å². The van der Waals surface area contributed by atoms with E-state index in [0.717, 1.165) is 24.5 Å². The van der Waals surface area contributed by atoms with Gasteiger partial charge in [-0.3, -0.25) is 4.98 Å². The maximum atomic E-state index is 5.97. The number of ether oxygens (including phenoxy) is 1. The second kappa shape index (κ2) is 7.49. The lowest BCUT2D eigenvalue weighted by molar-refractivity contribution is 0.154. The Morgan fingerprint density at radius 2 is 2.05 bits per heavy atom. The summed E-state index contributed by atoms with van der Waals surface area (Å²) >= 11 is 0. The minimum atomic E-state index is 0.403. The lowest BCUT2D eigenvalue weighted by atomic mass is 9.98. The molecule has 3 heteroatoms. The van der Waals surface area contributed by atoms with Crippen LogP contribution in [0.4, 0.5) is 0 Å². The van der Waals surface area contributed by atoms with Gasteiger partial charge in [-0.15, -0.1) is 0 Å². The molecule has 0 aromatic carbocycles. The number of pyridine rings is 1. The molecule has 0 atom stereocenters. The minimum absolute atomic E-state index is 0.403. The molecule has 1 aromatic rings. The van der Waals surface area contributed by atoms with Crippen LogP contribution in [0.2, 0.25) is 0 Å². The summed E-state index contributed by atoms with van der Waals surface area (Å²) in [6, 6.07) is 4.11. The summed E-state index contributed by atoms with van der Waals surface area (Å²) in [7, 11) is 0. The predicted octanol–water partition coefficient (Wildman–Crippen LogP) is 3.54. The van der Waals surface area contributed by atoms with Crippen LogP contribution in [-0.4, -0.2) is 17.6 Å². The highest BCUT2D eigenvalue weighted by Gasteiger charge is 2.14. The topological polar surface area (TPSA) is 34.1 Å². The van der Waals surface area contributed by atoms with Gasteiger partial charge in [0.15, 0.2) is 0 Å². The standard InChI is InChI=1S/C16H26N2O/c1-13(2)10-17-11-14-8-9-16(12-18-14)19-15-6-4-3-5-7-15/h8-9,12-13,15,17H,3-7,10-11H2,1-2H3. The summed E-state index contributed by atoms with van der Waals surface area (Å²) in [6.07, 6.45) is 8.61. The molecule has 1 aliphatic rings. The molecule has 106 valence electrons. The van der Waals surface area contributed by atoms with Crippen LogP contribution < -0.4 is 10.1 Å². The number of hydrogen-bond acceptors (Lipinski definition) is 3. The molecule has 1 heterocycles. The van der Waals surface area contributed by atoms with Crippen molar-refractivity contribution in [3.8, 4) is 5.75 Å². The van der Waals surface area contributed by atoms with E-state index in [1.807, 2.05) is 12.3 Å². The molecule has 1 saturated carbocycles. The van der Waals surface area contributed by atoms with E-state index in [-0.39, 0.29) is 0 Å². The number of hydrogen-bond donors (Lipinski definition) is 1. The molecule has 0 radical (unpaired) electrons. The van der Waals surface area contributed by atoms with Crippen LogP contribution in [0.3, 0.4) is 0 Å². The fraction of sp³-hybridized carbons (Fsp3) is 0.688. The lowest BCUT2D eigenvalue weighted by Crippen LogP contribution is -2.20. The van der Waals surface area contributed by atoms with Gasteiger partial charge in [0.05, 0.1) is 18.0 Å².